The smallest absolute Gasteiger partial charge is 0.123 e. The first-order valence-electron chi connectivity index (χ1n) is 5.34. The van der Waals surface area contributed by atoms with Crippen LogP contribution in [0.15, 0.2) is 39.5 Å². The number of hydrogen-bond donors (Lipinski definition) is 1. The van der Waals surface area contributed by atoms with Crippen molar-refractivity contribution in [2.75, 3.05) is 7.05 Å². The Bertz CT molecular complexity index is 498. The van der Waals surface area contributed by atoms with Gasteiger partial charge in [0.25, 0.3) is 0 Å². The van der Waals surface area contributed by atoms with Crippen molar-refractivity contribution in [3.63, 3.8) is 0 Å². The zero-order valence-corrected chi connectivity index (χ0v) is 11.8. The molecule has 0 saturated carbocycles. The third-order valence-electron chi connectivity index (χ3n) is 2.67. The van der Waals surface area contributed by atoms with Gasteiger partial charge in [-0.15, -0.1) is 11.3 Å². The lowest BCUT2D eigenvalue weighted by atomic mass is 10.0. The van der Waals surface area contributed by atoms with E-state index < -0.39 is 0 Å². The van der Waals surface area contributed by atoms with Gasteiger partial charge in [0.1, 0.15) is 5.82 Å². The van der Waals surface area contributed by atoms with Crippen LogP contribution in [-0.2, 0) is 6.42 Å². The van der Waals surface area contributed by atoms with E-state index in [4.69, 9.17) is 0 Å². The number of nitrogens with one attached hydrogen (secondary N) is 1. The largest absolute Gasteiger partial charge is 0.313 e. The molecular formula is C13H13BrFNS. The zero-order chi connectivity index (χ0) is 12.3. The molecule has 0 saturated heterocycles. The van der Waals surface area contributed by atoms with Gasteiger partial charge in [-0.25, -0.2) is 4.39 Å². The third-order valence-corrected chi connectivity index (χ3v) is 4.19. The van der Waals surface area contributed by atoms with Crippen LogP contribution in [0.4, 0.5) is 4.39 Å². The molecule has 0 fully saturated rings. The van der Waals surface area contributed by atoms with Crippen molar-refractivity contribution in [2.24, 2.45) is 0 Å². The van der Waals surface area contributed by atoms with Gasteiger partial charge >= 0.3 is 0 Å². The van der Waals surface area contributed by atoms with Gasteiger partial charge in [0.15, 0.2) is 0 Å². The first-order chi connectivity index (χ1) is 8.19. The number of likely N-dealkylation sites (N-methyl/N-ethyl adjacent to an activating group) is 1. The van der Waals surface area contributed by atoms with Crippen LogP contribution in [0.3, 0.4) is 0 Å². The van der Waals surface area contributed by atoms with Gasteiger partial charge in [-0.05, 0) is 64.1 Å². The third kappa shape index (κ3) is 3.37. The Balaban J connectivity index is 2.15. The number of thiophene rings is 1. The quantitative estimate of drug-likeness (QED) is 0.894. The van der Waals surface area contributed by atoms with Crippen molar-refractivity contribution in [2.45, 2.75) is 12.5 Å². The summed E-state index contributed by atoms with van der Waals surface area (Å²) in [6, 6.07) is 9.09. The van der Waals surface area contributed by atoms with Gasteiger partial charge in [-0.3, -0.25) is 0 Å². The van der Waals surface area contributed by atoms with Crippen LogP contribution in [0.1, 0.15) is 17.2 Å². The van der Waals surface area contributed by atoms with Gasteiger partial charge in [0.2, 0.25) is 0 Å². The Labute approximate surface area is 113 Å². The highest BCUT2D eigenvalue weighted by Gasteiger charge is 2.12. The molecular weight excluding hydrogens is 301 g/mol. The first kappa shape index (κ1) is 12.7. The molecule has 0 aliphatic carbocycles. The molecule has 1 nitrogen and oxygen atoms in total. The summed E-state index contributed by atoms with van der Waals surface area (Å²) in [4.78, 5) is 0. The molecule has 0 spiro atoms. The van der Waals surface area contributed by atoms with E-state index in [1.165, 1.54) is 11.6 Å². The Hall–Kier alpha value is -0.710. The predicted octanol–water partition coefficient (Wildman–Crippen LogP) is 4.15. The van der Waals surface area contributed by atoms with Gasteiger partial charge in [0.05, 0.1) is 3.79 Å². The fourth-order valence-corrected chi connectivity index (χ4v) is 3.02. The van der Waals surface area contributed by atoms with Crippen molar-refractivity contribution in [3.8, 4) is 0 Å². The molecule has 1 aromatic carbocycles. The number of rotatable bonds is 4. The Morgan fingerprint density at radius 3 is 2.82 bits per heavy atom. The van der Waals surface area contributed by atoms with Crippen LogP contribution in [0.25, 0.3) is 0 Å². The van der Waals surface area contributed by atoms with Crippen molar-refractivity contribution in [1.29, 1.82) is 0 Å². The molecule has 0 aliphatic rings. The summed E-state index contributed by atoms with van der Waals surface area (Å²) in [5.41, 5.74) is 2.24. The van der Waals surface area contributed by atoms with Crippen LogP contribution < -0.4 is 5.32 Å². The molecule has 0 radical (unpaired) electrons. The lowest BCUT2D eigenvalue weighted by Gasteiger charge is -2.14. The number of halogens is 2. The van der Waals surface area contributed by atoms with Crippen molar-refractivity contribution < 1.29 is 4.39 Å². The van der Waals surface area contributed by atoms with E-state index in [0.717, 1.165) is 15.8 Å². The average molecular weight is 314 g/mol. The Morgan fingerprint density at radius 1 is 1.41 bits per heavy atom. The van der Waals surface area contributed by atoms with Gasteiger partial charge in [0, 0.05) is 6.04 Å². The minimum absolute atomic E-state index is 0.177. The second-order valence-electron chi connectivity index (χ2n) is 3.86. The Morgan fingerprint density at radius 2 is 2.24 bits per heavy atom. The maximum atomic E-state index is 13.1. The summed E-state index contributed by atoms with van der Waals surface area (Å²) in [7, 11) is 1.93. The van der Waals surface area contributed by atoms with Crippen molar-refractivity contribution in [1.82, 2.24) is 5.32 Å². The molecule has 1 atom stereocenters. The van der Waals surface area contributed by atoms with E-state index in [0.29, 0.717) is 0 Å². The predicted molar refractivity (Wildman–Crippen MR) is 73.9 cm³/mol. The molecule has 1 unspecified atom stereocenters. The summed E-state index contributed by atoms with van der Waals surface area (Å²) in [6.45, 7) is 0. The van der Waals surface area contributed by atoms with Crippen LogP contribution in [-0.4, -0.2) is 7.05 Å². The maximum Gasteiger partial charge on any atom is 0.123 e. The lowest BCUT2D eigenvalue weighted by Crippen LogP contribution is -2.18. The molecule has 0 amide bonds. The fraction of sp³-hybridized carbons (Fsp3) is 0.231. The summed E-state index contributed by atoms with van der Waals surface area (Å²) < 4.78 is 14.2. The van der Waals surface area contributed by atoms with E-state index in [2.05, 4.69) is 32.7 Å². The molecule has 90 valence electrons. The second-order valence-corrected chi connectivity index (χ2v) is 6.15. The second kappa shape index (κ2) is 5.76. The molecule has 1 aromatic heterocycles. The lowest BCUT2D eigenvalue weighted by molar-refractivity contribution is 0.585. The molecule has 0 bridgehead atoms. The van der Waals surface area contributed by atoms with Crippen LogP contribution in [0.2, 0.25) is 0 Å². The molecule has 2 aromatic rings. The normalized spacial score (nSPS) is 12.6. The standard InChI is InChI=1S/C13H13BrFNS/c1-16-12(10-7-13(14)17-8-10)6-9-3-2-4-11(15)5-9/h2-5,7-8,12,16H,6H2,1H3. The maximum absolute atomic E-state index is 13.1. The van der Waals surface area contributed by atoms with E-state index in [1.807, 2.05) is 13.1 Å². The molecule has 4 heteroatoms. The summed E-state index contributed by atoms with van der Waals surface area (Å²) in [5, 5.41) is 5.38. The molecule has 2 rings (SSSR count). The fourth-order valence-electron chi connectivity index (χ4n) is 1.79. The minimum Gasteiger partial charge on any atom is -0.313 e. The topological polar surface area (TPSA) is 12.0 Å². The first-order valence-corrected chi connectivity index (χ1v) is 7.02. The summed E-state index contributed by atoms with van der Waals surface area (Å²) in [6.07, 6.45) is 0.789. The minimum atomic E-state index is -0.177. The van der Waals surface area contributed by atoms with E-state index in [1.54, 1.807) is 23.5 Å². The van der Waals surface area contributed by atoms with Crippen LogP contribution in [0.5, 0.6) is 0 Å². The molecule has 0 aliphatic heterocycles. The summed E-state index contributed by atoms with van der Waals surface area (Å²) >= 11 is 5.12. The highest BCUT2D eigenvalue weighted by molar-refractivity contribution is 9.11. The highest BCUT2D eigenvalue weighted by Crippen LogP contribution is 2.27. The van der Waals surface area contributed by atoms with Crippen LogP contribution in [0, 0.1) is 5.82 Å². The SMILES string of the molecule is CNC(Cc1cccc(F)c1)c1csc(Br)c1. The highest BCUT2D eigenvalue weighted by atomic mass is 79.9. The zero-order valence-electron chi connectivity index (χ0n) is 9.41. The van der Waals surface area contributed by atoms with Gasteiger partial charge in [-0.2, -0.15) is 0 Å². The van der Waals surface area contributed by atoms with E-state index >= 15 is 0 Å². The number of hydrogen-bond acceptors (Lipinski definition) is 2. The van der Waals surface area contributed by atoms with Crippen molar-refractivity contribution in [3.05, 3.63) is 56.4 Å². The molecule has 1 N–H and O–H groups in total. The van der Waals surface area contributed by atoms with Gasteiger partial charge in [-0.1, -0.05) is 12.1 Å². The summed E-state index contributed by atoms with van der Waals surface area (Å²) in [5.74, 6) is -0.177. The van der Waals surface area contributed by atoms with Crippen LogP contribution >= 0.6 is 27.3 Å². The van der Waals surface area contributed by atoms with E-state index in [-0.39, 0.29) is 11.9 Å². The monoisotopic (exact) mass is 313 g/mol. The molecule has 17 heavy (non-hydrogen) atoms. The number of benzene rings is 1. The van der Waals surface area contributed by atoms with E-state index in [9.17, 15) is 4.39 Å². The molecule has 1 heterocycles. The van der Waals surface area contributed by atoms with Crippen molar-refractivity contribution >= 4 is 27.3 Å². The average Bonchev–Trinajstić information content (AvgIpc) is 2.73. The Kier molecular flexibility index (Phi) is 4.31. The van der Waals surface area contributed by atoms with Gasteiger partial charge < -0.3 is 5.32 Å².